The first-order valence-corrected chi connectivity index (χ1v) is 7.86. The molecule has 0 atom stereocenters. The Kier molecular flexibility index (Phi) is 4.31. The summed E-state index contributed by atoms with van der Waals surface area (Å²) in [5.41, 5.74) is 2.46. The third-order valence-electron chi connectivity index (χ3n) is 4.62. The van der Waals surface area contributed by atoms with Gasteiger partial charge in [-0.25, -0.2) is 0 Å². The minimum atomic E-state index is 0.874. The lowest BCUT2D eigenvalue weighted by molar-refractivity contribution is 0.281. The van der Waals surface area contributed by atoms with E-state index in [2.05, 4.69) is 47.6 Å². The van der Waals surface area contributed by atoms with Crippen molar-refractivity contribution in [2.24, 2.45) is 11.8 Å². The largest absolute Gasteiger partial charge is 0.312 e. The highest BCUT2D eigenvalue weighted by Crippen LogP contribution is 2.27. The van der Waals surface area contributed by atoms with E-state index >= 15 is 0 Å². The maximum absolute atomic E-state index is 4.42. The van der Waals surface area contributed by atoms with Gasteiger partial charge in [-0.05, 0) is 48.9 Å². The van der Waals surface area contributed by atoms with Gasteiger partial charge in [0.05, 0.1) is 5.52 Å². The molecule has 0 amide bonds. The Bertz CT molecular complexity index is 551. The van der Waals surface area contributed by atoms with Crippen molar-refractivity contribution < 1.29 is 0 Å². The van der Waals surface area contributed by atoms with E-state index in [9.17, 15) is 0 Å². The Morgan fingerprint density at radius 3 is 2.75 bits per heavy atom. The summed E-state index contributed by atoms with van der Waals surface area (Å²) in [7, 11) is 0. The molecule has 1 aliphatic rings. The van der Waals surface area contributed by atoms with Crippen molar-refractivity contribution in [3.8, 4) is 0 Å². The van der Waals surface area contributed by atoms with Crippen LogP contribution in [-0.4, -0.2) is 11.5 Å². The van der Waals surface area contributed by atoms with E-state index in [4.69, 9.17) is 0 Å². The zero-order valence-corrected chi connectivity index (χ0v) is 12.3. The van der Waals surface area contributed by atoms with Crippen LogP contribution in [0.3, 0.4) is 0 Å². The third-order valence-corrected chi connectivity index (χ3v) is 4.62. The lowest BCUT2D eigenvalue weighted by Gasteiger charge is -2.26. The molecule has 0 unspecified atom stereocenters. The third kappa shape index (κ3) is 3.18. The number of hydrogen-bond donors (Lipinski definition) is 1. The Balaban J connectivity index is 1.57. The molecule has 106 valence electrons. The second-order valence-corrected chi connectivity index (χ2v) is 6.24. The number of nitrogens with one attached hydrogen (secondary N) is 1. The van der Waals surface area contributed by atoms with E-state index in [0.717, 1.165) is 30.4 Å². The molecule has 1 aromatic carbocycles. The number of para-hydroxylation sites is 1. The van der Waals surface area contributed by atoms with E-state index in [1.807, 2.05) is 6.20 Å². The number of hydrogen-bond acceptors (Lipinski definition) is 2. The fraction of sp³-hybridized carbons (Fsp3) is 0.500. The van der Waals surface area contributed by atoms with Crippen molar-refractivity contribution in [2.45, 2.75) is 39.2 Å². The molecule has 3 rings (SSSR count). The monoisotopic (exact) mass is 268 g/mol. The molecule has 0 bridgehead atoms. The Morgan fingerprint density at radius 2 is 1.90 bits per heavy atom. The molecule has 1 fully saturated rings. The number of aromatic nitrogens is 1. The van der Waals surface area contributed by atoms with Gasteiger partial charge in [-0.2, -0.15) is 0 Å². The smallest absolute Gasteiger partial charge is 0.0705 e. The number of fused-ring (bicyclic) bond motifs is 1. The maximum atomic E-state index is 4.42. The first-order chi connectivity index (χ1) is 9.83. The molecule has 1 aromatic heterocycles. The van der Waals surface area contributed by atoms with Crippen LogP contribution in [-0.2, 0) is 6.54 Å². The zero-order chi connectivity index (χ0) is 13.8. The van der Waals surface area contributed by atoms with Gasteiger partial charge in [0.1, 0.15) is 0 Å². The molecule has 2 nitrogen and oxygen atoms in total. The van der Waals surface area contributed by atoms with Crippen molar-refractivity contribution in [1.29, 1.82) is 0 Å². The topological polar surface area (TPSA) is 24.9 Å². The molecule has 20 heavy (non-hydrogen) atoms. The normalized spacial score (nSPS) is 23.1. The summed E-state index contributed by atoms with van der Waals surface area (Å²) < 4.78 is 0. The molecule has 0 aliphatic heterocycles. The Hall–Kier alpha value is -1.41. The average Bonchev–Trinajstić information content (AvgIpc) is 2.49. The van der Waals surface area contributed by atoms with E-state index in [1.54, 1.807) is 0 Å². The highest BCUT2D eigenvalue weighted by Gasteiger charge is 2.17. The van der Waals surface area contributed by atoms with Crippen molar-refractivity contribution in [2.75, 3.05) is 6.54 Å². The molecule has 0 saturated heterocycles. The molecule has 2 aromatic rings. The highest BCUT2D eigenvalue weighted by molar-refractivity contribution is 5.81. The molecule has 1 N–H and O–H groups in total. The fourth-order valence-electron chi connectivity index (χ4n) is 3.25. The maximum Gasteiger partial charge on any atom is 0.0705 e. The number of nitrogens with zero attached hydrogens (tertiary/aromatic N) is 1. The Morgan fingerprint density at radius 1 is 1.10 bits per heavy atom. The minimum absolute atomic E-state index is 0.874. The lowest BCUT2D eigenvalue weighted by Crippen LogP contribution is -2.25. The fourth-order valence-corrected chi connectivity index (χ4v) is 3.25. The molecule has 1 saturated carbocycles. The van der Waals surface area contributed by atoms with Gasteiger partial charge in [0.2, 0.25) is 0 Å². The SMILES string of the molecule is CC1CCC(CNCc2ccnc3ccccc23)CC1. The molecule has 0 radical (unpaired) electrons. The van der Waals surface area contributed by atoms with Crippen LogP contribution in [0, 0.1) is 11.8 Å². The van der Waals surface area contributed by atoms with Gasteiger partial charge in [-0.15, -0.1) is 0 Å². The minimum Gasteiger partial charge on any atom is -0.312 e. The summed E-state index contributed by atoms with van der Waals surface area (Å²) >= 11 is 0. The van der Waals surface area contributed by atoms with E-state index in [1.165, 1.54) is 36.6 Å². The summed E-state index contributed by atoms with van der Waals surface area (Å²) in [5, 5.41) is 4.93. The van der Waals surface area contributed by atoms with E-state index < -0.39 is 0 Å². The van der Waals surface area contributed by atoms with Crippen LogP contribution >= 0.6 is 0 Å². The molecule has 0 spiro atoms. The second kappa shape index (κ2) is 6.36. The van der Waals surface area contributed by atoms with Crippen molar-refractivity contribution in [3.63, 3.8) is 0 Å². The summed E-state index contributed by atoms with van der Waals surface area (Å²) in [6.45, 7) is 4.49. The highest BCUT2D eigenvalue weighted by atomic mass is 14.9. The predicted octanol–water partition coefficient (Wildman–Crippen LogP) is 4.15. The summed E-state index contributed by atoms with van der Waals surface area (Å²) in [6, 6.07) is 10.5. The molecule has 1 aliphatic carbocycles. The van der Waals surface area contributed by atoms with Gasteiger partial charge in [0.15, 0.2) is 0 Å². The quantitative estimate of drug-likeness (QED) is 0.901. The van der Waals surface area contributed by atoms with Crippen LogP contribution in [0.15, 0.2) is 36.5 Å². The first-order valence-electron chi connectivity index (χ1n) is 7.86. The van der Waals surface area contributed by atoms with Gasteiger partial charge in [-0.3, -0.25) is 4.98 Å². The van der Waals surface area contributed by atoms with Crippen molar-refractivity contribution >= 4 is 10.9 Å². The first kappa shape index (κ1) is 13.6. The zero-order valence-electron chi connectivity index (χ0n) is 12.3. The number of benzene rings is 1. The van der Waals surface area contributed by atoms with Gasteiger partial charge in [0, 0.05) is 18.1 Å². The molecular weight excluding hydrogens is 244 g/mol. The van der Waals surface area contributed by atoms with Gasteiger partial charge < -0.3 is 5.32 Å². The van der Waals surface area contributed by atoms with E-state index in [-0.39, 0.29) is 0 Å². The molecular formula is C18H24N2. The average molecular weight is 268 g/mol. The lowest BCUT2D eigenvalue weighted by atomic mass is 9.83. The number of rotatable bonds is 4. The molecule has 2 heteroatoms. The van der Waals surface area contributed by atoms with Crippen LogP contribution in [0.5, 0.6) is 0 Å². The van der Waals surface area contributed by atoms with Crippen LogP contribution in [0.4, 0.5) is 0 Å². The van der Waals surface area contributed by atoms with Crippen molar-refractivity contribution in [3.05, 3.63) is 42.1 Å². The summed E-state index contributed by atoms with van der Waals surface area (Å²) in [6.07, 6.45) is 7.52. The van der Waals surface area contributed by atoms with Gasteiger partial charge in [-0.1, -0.05) is 38.0 Å². The van der Waals surface area contributed by atoms with Crippen LogP contribution in [0.25, 0.3) is 10.9 Å². The second-order valence-electron chi connectivity index (χ2n) is 6.24. The van der Waals surface area contributed by atoms with Gasteiger partial charge >= 0.3 is 0 Å². The van der Waals surface area contributed by atoms with Gasteiger partial charge in [0.25, 0.3) is 0 Å². The Labute approximate surface area is 121 Å². The van der Waals surface area contributed by atoms with Crippen LogP contribution in [0.2, 0.25) is 0 Å². The predicted molar refractivity (Wildman–Crippen MR) is 84.6 cm³/mol. The molecule has 1 heterocycles. The summed E-state index contributed by atoms with van der Waals surface area (Å²) in [5.74, 6) is 1.81. The van der Waals surface area contributed by atoms with Crippen LogP contribution < -0.4 is 5.32 Å². The summed E-state index contributed by atoms with van der Waals surface area (Å²) in [4.78, 5) is 4.42. The van der Waals surface area contributed by atoms with Crippen molar-refractivity contribution in [1.82, 2.24) is 10.3 Å². The number of pyridine rings is 1. The standard InChI is InChI=1S/C18H24N2/c1-14-6-8-15(9-7-14)12-19-13-16-10-11-20-18-5-3-2-4-17(16)18/h2-5,10-11,14-15,19H,6-9,12-13H2,1H3. The van der Waals surface area contributed by atoms with E-state index in [0.29, 0.717) is 0 Å². The van der Waals surface area contributed by atoms with Crippen LogP contribution in [0.1, 0.15) is 38.2 Å².